The molecule has 0 amide bonds. The molecular formula is C15H15NO4. The molecule has 0 atom stereocenters. The third-order valence-electron chi connectivity index (χ3n) is 2.82. The molecule has 5 heteroatoms. The number of hydrogen-bond donors (Lipinski definition) is 2. The van der Waals surface area contributed by atoms with Crippen molar-refractivity contribution in [1.29, 1.82) is 0 Å². The second kappa shape index (κ2) is 5.71. The summed E-state index contributed by atoms with van der Waals surface area (Å²) in [6, 6.07) is 8.50. The molecule has 1 heterocycles. The summed E-state index contributed by atoms with van der Waals surface area (Å²) in [5.41, 5.74) is 2.01. The Morgan fingerprint density at radius 1 is 1.30 bits per heavy atom. The molecule has 0 spiro atoms. The highest BCUT2D eigenvalue weighted by Crippen LogP contribution is 2.27. The summed E-state index contributed by atoms with van der Waals surface area (Å²) in [5.74, 6) is -0.579. The number of carboxylic acid groups (broad SMARTS) is 1. The van der Waals surface area contributed by atoms with E-state index in [2.05, 4.69) is 4.98 Å². The Bertz CT molecular complexity index is 652. The standard InChI is InChI=1S/C15H15NO4/c1-9-6-10(2)16-14(13(9)15(18)19)20-12-5-3-4-11(7-12)8-17/h3-7,17H,8H2,1-2H3,(H,18,19). The molecule has 20 heavy (non-hydrogen) atoms. The molecule has 0 saturated carbocycles. The van der Waals surface area contributed by atoms with Gasteiger partial charge in [-0.25, -0.2) is 9.78 Å². The molecule has 0 saturated heterocycles. The average Bonchev–Trinajstić information content (AvgIpc) is 2.37. The molecular weight excluding hydrogens is 258 g/mol. The van der Waals surface area contributed by atoms with Crippen LogP contribution in [-0.2, 0) is 6.61 Å². The lowest BCUT2D eigenvalue weighted by atomic mass is 10.1. The van der Waals surface area contributed by atoms with E-state index in [1.807, 2.05) is 0 Å². The van der Waals surface area contributed by atoms with Crippen LogP contribution in [0.1, 0.15) is 27.2 Å². The average molecular weight is 273 g/mol. The zero-order valence-electron chi connectivity index (χ0n) is 11.3. The maximum absolute atomic E-state index is 11.3. The molecule has 104 valence electrons. The largest absolute Gasteiger partial charge is 0.477 e. The van der Waals surface area contributed by atoms with Crippen molar-refractivity contribution >= 4 is 5.97 Å². The number of aliphatic hydroxyl groups excluding tert-OH is 1. The van der Waals surface area contributed by atoms with Crippen LogP contribution in [0.15, 0.2) is 30.3 Å². The van der Waals surface area contributed by atoms with Gasteiger partial charge in [0.05, 0.1) is 6.61 Å². The van der Waals surface area contributed by atoms with Crippen molar-refractivity contribution < 1.29 is 19.7 Å². The van der Waals surface area contributed by atoms with Gasteiger partial charge in [0.25, 0.3) is 0 Å². The van der Waals surface area contributed by atoms with Gasteiger partial charge in [-0.15, -0.1) is 0 Å². The number of nitrogens with zero attached hydrogens (tertiary/aromatic N) is 1. The summed E-state index contributed by atoms with van der Waals surface area (Å²) in [6.45, 7) is 3.37. The van der Waals surface area contributed by atoms with Crippen molar-refractivity contribution in [3.05, 3.63) is 52.7 Å². The molecule has 0 aliphatic rings. The van der Waals surface area contributed by atoms with Gasteiger partial charge in [0.2, 0.25) is 5.88 Å². The first-order chi connectivity index (χ1) is 9.51. The molecule has 5 nitrogen and oxygen atoms in total. The van der Waals surface area contributed by atoms with Crippen LogP contribution in [0.2, 0.25) is 0 Å². The van der Waals surface area contributed by atoms with Gasteiger partial charge in [-0.05, 0) is 43.2 Å². The van der Waals surface area contributed by atoms with Crippen LogP contribution >= 0.6 is 0 Å². The maximum atomic E-state index is 11.3. The minimum atomic E-state index is -1.08. The number of ether oxygens (including phenoxy) is 1. The summed E-state index contributed by atoms with van der Waals surface area (Å²) in [5, 5.41) is 18.4. The minimum absolute atomic E-state index is 0.0463. The molecule has 0 aliphatic carbocycles. The van der Waals surface area contributed by atoms with Crippen LogP contribution in [0.5, 0.6) is 11.6 Å². The highest BCUT2D eigenvalue weighted by molar-refractivity contribution is 5.92. The van der Waals surface area contributed by atoms with Gasteiger partial charge < -0.3 is 14.9 Å². The molecule has 0 fully saturated rings. The second-order valence-corrected chi connectivity index (χ2v) is 4.47. The Hall–Kier alpha value is -2.40. The molecule has 2 rings (SSSR count). The molecule has 0 radical (unpaired) electrons. The van der Waals surface area contributed by atoms with Crippen molar-refractivity contribution in [2.45, 2.75) is 20.5 Å². The number of aromatic carboxylic acids is 1. The first-order valence-corrected chi connectivity index (χ1v) is 6.10. The molecule has 1 aromatic carbocycles. The Morgan fingerprint density at radius 2 is 2.05 bits per heavy atom. The van der Waals surface area contributed by atoms with E-state index >= 15 is 0 Å². The molecule has 0 unspecified atom stereocenters. The van der Waals surface area contributed by atoms with E-state index in [1.165, 1.54) is 0 Å². The Labute approximate surface area is 116 Å². The Morgan fingerprint density at radius 3 is 2.70 bits per heavy atom. The number of carboxylic acids is 1. The molecule has 2 N–H and O–H groups in total. The number of benzene rings is 1. The van der Waals surface area contributed by atoms with E-state index in [1.54, 1.807) is 44.2 Å². The summed E-state index contributed by atoms with van der Waals surface area (Å²) in [6.07, 6.45) is 0. The lowest BCUT2D eigenvalue weighted by Crippen LogP contribution is -2.06. The maximum Gasteiger partial charge on any atom is 0.341 e. The van der Waals surface area contributed by atoms with E-state index in [0.717, 1.165) is 0 Å². The quantitative estimate of drug-likeness (QED) is 0.895. The van der Waals surface area contributed by atoms with Crippen LogP contribution in [0.25, 0.3) is 0 Å². The number of aliphatic hydroxyl groups is 1. The van der Waals surface area contributed by atoms with Crippen LogP contribution in [0.3, 0.4) is 0 Å². The SMILES string of the molecule is Cc1cc(C)c(C(=O)O)c(Oc2cccc(CO)c2)n1. The van der Waals surface area contributed by atoms with E-state index in [9.17, 15) is 9.90 Å². The monoisotopic (exact) mass is 273 g/mol. The summed E-state index contributed by atoms with van der Waals surface area (Å²) in [7, 11) is 0. The van der Waals surface area contributed by atoms with Crippen molar-refractivity contribution in [3.8, 4) is 11.6 Å². The van der Waals surface area contributed by atoms with Gasteiger partial charge in [0.15, 0.2) is 0 Å². The van der Waals surface area contributed by atoms with Crippen LogP contribution in [0, 0.1) is 13.8 Å². The predicted molar refractivity (Wildman–Crippen MR) is 73.1 cm³/mol. The van der Waals surface area contributed by atoms with E-state index in [4.69, 9.17) is 9.84 Å². The van der Waals surface area contributed by atoms with Crippen LogP contribution in [-0.4, -0.2) is 21.2 Å². The topological polar surface area (TPSA) is 79.7 Å². The van der Waals surface area contributed by atoms with Gasteiger partial charge in [-0.3, -0.25) is 0 Å². The number of aromatic nitrogens is 1. The van der Waals surface area contributed by atoms with Crippen LogP contribution in [0.4, 0.5) is 0 Å². The van der Waals surface area contributed by atoms with Gasteiger partial charge >= 0.3 is 5.97 Å². The molecule has 0 aliphatic heterocycles. The van der Waals surface area contributed by atoms with Crippen LogP contribution < -0.4 is 4.74 Å². The predicted octanol–water partition coefficient (Wildman–Crippen LogP) is 2.68. The number of carbonyl (C=O) groups is 1. The highest BCUT2D eigenvalue weighted by Gasteiger charge is 2.17. The summed E-state index contributed by atoms with van der Waals surface area (Å²) < 4.78 is 5.57. The smallest absolute Gasteiger partial charge is 0.341 e. The van der Waals surface area contributed by atoms with Gasteiger partial charge in [0, 0.05) is 5.69 Å². The van der Waals surface area contributed by atoms with Crippen molar-refractivity contribution in [2.75, 3.05) is 0 Å². The normalized spacial score (nSPS) is 10.3. The second-order valence-electron chi connectivity index (χ2n) is 4.47. The van der Waals surface area contributed by atoms with E-state index in [-0.39, 0.29) is 18.1 Å². The fourth-order valence-electron chi connectivity index (χ4n) is 1.96. The third kappa shape index (κ3) is 2.95. The lowest BCUT2D eigenvalue weighted by molar-refractivity contribution is 0.0692. The fraction of sp³-hybridized carbons (Fsp3) is 0.200. The molecule has 1 aromatic heterocycles. The summed E-state index contributed by atoms with van der Waals surface area (Å²) >= 11 is 0. The van der Waals surface area contributed by atoms with Gasteiger partial charge in [-0.1, -0.05) is 12.1 Å². The zero-order chi connectivity index (χ0) is 14.7. The highest BCUT2D eigenvalue weighted by atomic mass is 16.5. The first kappa shape index (κ1) is 14.0. The molecule has 2 aromatic rings. The first-order valence-electron chi connectivity index (χ1n) is 6.10. The van der Waals surface area contributed by atoms with Crippen molar-refractivity contribution in [3.63, 3.8) is 0 Å². The van der Waals surface area contributed by atoms with Gasteiger partial charge in [0.1, 0.15) is 11.3 Å². The molecule has 0 bridgehead atoms. The number of hydrogen-bond acceptors (Lipinski definition) is 4. The van der Waals surface area contributed by atoms with E-state index < -0.39 is 5.97 Å². The van der Waals surface area contributed by atoms with Gasteiger partial charge in [-0.2, -0.15) is 0 Å². The van der Waals surface area contributed by atoms with E-state index in [0.29, 0.717) is 22.6 Å². The number of aryl methyl sites for hydroxylation is 2. The van der Waals surface area contributed by atoms with Crippen molar-refractivity contribution in [2.24, 2.45) is 0 Å². The summed E-state index contributed by atoms with van der Waals surface area (Å²) in [4.78, 5) is 15.4. The fourth-order valence-corrected chi connectivity index (χ4v) is 1.96. The minimum Gasteiger partial charge on any atom is -0.477 e. The third-order valence-corrected chi connectivity index (χ3v) is 2.82. The lowest BCUT2D eigenvalue weighted by Gasteiger charge is -2.11. The number of pyridine rings is 1. The number of rotatable bonds is 4. The Kier molecular flexibility index (Phi) is 4.00. The Balaban J connectivity index is 2.44. The van der Waals surface area contributed by atoms with Crippen molar-refractivity contribution in [1.82, 2.24) is 4.98 Å². The zero-order valence-corrected chi connectivity index (χ0v) is 11.3.